The number of rotatable bonds is 27. The van der Waals surface area contributed by atoms with Crippen molar-refractivity contribution >= 4 is 11.4 Å². The van der Waals surface area contributed by atoms with Gasteiger partial charge in [0.05, 0.1) is 41.3 Å². The van der Waals surface area contributed by atoms with Crippen molar-refractivity contribution in [1.29, 1.82) is 0 Å². The van der Waals surface area contributed by atoms with Crippen LogP contribution >= 0.6 is 0 Å². The van der Waals surface area contributed by atoms with Crippen LogP contribution in [-0.4, -0.2) is 76.4 Å². The van der Waals surface area contributed by atoms with Gasteiger partial charge in [0, 0.05) is 75.0 Å². The van der Waals surface area contributed by atoms with Crippen LogP contribution in [-0.2, 0) is 62.2 Å². The van der Waals surface area contributed by atoms with E-state index in [0.29, 0.717) is 52.6 Å². The Morgan fingerprint density at radius 2 is 0.750 bits per heavy atom. The molecule has 0 radical (unpaired) electrons. The third-order valence-corrected chi connectivity index (χ3v) is 14.7. The molecule has 3 aliphatic heterocycles. The maximum atomic E-state index is 6.19. The maximum absolute atomic E-state index is 6.19. The smallest absolute Gasteiger partial charge is 0.663 e. The molecule has 0 fully saturated rings. The van der Waals surface area contributed by atoms with Gasteiger partial charge in [0.2, 0.25) is 0 Å². The average molecular weight is 1070 g/mol. The third kappa shape index (κ3) is 13.9. The molecule has 6 aromatic rings. The third-order valence-electron chi connectivity index (χ3n) is 14.7. The first-order valence-corrected chi connectivity index (χ1v) is 28.1. The zero-order valence-corrected chi connectivity index (χ0v) is 46.5. The van der Waals surface area contributed by atoms with Crippen molar-refractivity contribution in [2.75, 3.05) is 52.9 Å². The second kappa shape index (κ2) is 29.2. The van der Waals surface area contributed by atoms with Crippen LogP contribution in [0.1, 0.15) is 142 Å². The standard InChI is InChI=1S/C63H80N8O4.Mn/c1-5-9-41-73-45-37-69-33-17-13-21-57(69)61-50-26-24-48(64-50)60(56-20-12-16-32-68(56)36-44-72-40-8-4)49-25-27-51(65-49)62(58-22-14-18-34-70(58)38-46-74-42-10-6-2)53-29-31-55(67-53)63(54-30-28-52(61)66-54)59-23-15-19-35-71(59)39-47-75-43-11-7-3;/h12-35,52-53,60-63H,5-11,36-47H2,1-4H3;/q+2;+3. The molecule has 13 heteroatoms. The number of aromatic nitrogens is 6. The van der Waals surface area contributed by atoms with E-state index in [1.165, 1.54) is 0 Å². The molecule has 9 heterocycles. The molecular formula is C63H80MnN8O4+5. The first kappa shape index (κ1) is 56.5. The minimum atomic E-state index is -0.279. The van der Waals surface area contributed by atoms with Crippen LogP contribution < -0.4 is 28.2 Å². The van der Waals surface area contributed by atoms with Crippen molar-refractivity contribution in [3.05, 3.63) is 192 Å². The second-order valence-electron chi connectivity index (χ2n) is 20.0. The number of aliphatic imine (C=N–C) groups is 2. The molecule has 12 nitrogen and oxygen atoms in total. The summed E-state index contributed by atoms with van der Waals surface area (Å²) in [6.45, 7) is 17.1. The van der Waals surface area contributed by atoms with E-state index in [-0.39, 0.29) is 52.8 Å². The van der Waals surface area contributed by atoms with Crippen molar-refractivity contribution < 1.29 is 54.3 Å². The SMILES string of the molecule is CCCCOCC[n+]1ccccc1C1C2=NC(C=C2)C(c2cccc[n+]2CCOCCCC)c2ccc([n-]2)C(c2cccc[n+]2CCOCCC)c2ccc([n-]2)C(c2cccc[n+]2CCOCCCC)C2C=CC1=N2.[Mn+3]. The predicted octanol–water partition coefficient (Wildman–Crippen LogP) is 8.63. The summed E-state index contributed by atoms with van der Waals surface area (Å²) in [5.74, 6) is -0.952. The quantitative estimate of drug-likeness (QED) is 0.0291. The van der Waals surface area contributed by atoms with Crippen LogP contribution in [0.4, 0.5) is 0 Å². The topological polar surface area (TPSA) is 105 Å². The molecule has 4 atom stereocenters. The van der Waals surface area contributed by atoms with Gasteiger partial charge in [-0.2, -0.15) is 18.3 Å². The number of unbranched alkanes of at least 4 members (excludes halogenated alkanes) is 3. The molecule has 8 bridgehead atoms. The summed E-state index contributed by atoms with van der Waals surface area (Å²) < 4.78 is 34.0. The van der Waals surface area contributed by atoms with Crippen LogP contribution in [0, 0.1) is 0 Å². The number of hydrogen-bond donors (Lipinski definition) is 0. The fourth-order valence-electron chi connectivity index (χ4n) is 10.8. The van der Waals surface area contributed by atoms with Gasteiger partial charge in [0.15, 0.2) is 73.7 Å². The fourth-order valence-corrected chi connectivity index (χ4v) is 10.8. The molecule has 4 unspecified atom stereocenters. The normalized spacial score (nSPS) is 19.7. The van der Waals surface area contributed by atoms with Gasteiger partial charge < -0.3 is 28.9 Å². The molecule has 76 heavy (non-hydrogen) atoms. The summed E-state index contributed by atoms with van der Waals surface area (Å²) in [5, 5.41) is 0. The van der Waals surface area contributed by atoms with E-state index in [1.807, 2.05) is 0 Å². The Hall–Kier alpha value is -5.66. The summed E-state index contributed by atoms with van der Waals surface area (Å²) >= 11 is 0. The number of allylic oxidation sites excluding steroid dienone is 2. The Morgan fingerprint density at radius 1 is 0.395 bits per heavy atom. The maximum Gasteiger partial charge on any atom is 3.00 e. The average Bonchev–Trinajstić information content (AvgIpc) is 4.34. The Kier molecular flexibility index (Phi) is 21.7. The van der Waals surface area contributed by atoms with Gasteiger partial charge in [0.1, 0.15) is 32.3 Å². The Morgan fingerprint density at radius 3 is 1.14 bits per heavy atom. The van der Waals surface area contributed by atoms with Crippen LogP contribution in [0.5, 0.6) is 0 Å². The van der Waals surface area contributed by atoms with E-state index >= 15 is 0 Å². The van der Waals surface area contributed by atoms with Crippen LogP contribution in [0.2, 0.25) is 0 Å². The predicted molar refractivity (Wildman–Crippen MR) is 292 cm³/mol. The van der Waals surface area contributed by atoms with E-state index in [9.17, 15) is 0 Å². The minimum absolute atomic E-state index is 0. The Bertz CT molecular complexity index is 2740. The fraction of sp³-hybridized carbons (Fsp3) is 0.460. The Balaban J connectivity index is 0.00000765. The van der Waals surface area contributed by atoms with Crippen LogP contribution in [0.15, 0.2) is 156 Å². The molecule has 0 saturated heterocycles. The molecule has 0 saturated carbocycles. The first-order valence-electron chi connectivity index (χ1n) is 28.1. The minimum Gasteiger partial charge on any atom is -0.663 e. The number of hydrogen-bond acceptors (Lipinski definition) is 6. The molecule has 0 N–H and O–H groups in total. The van der Waals surface area contributed by atoms with E-state index in [2.05, 4.69) is 192 Å². The van der Waals surface area contributed by atoms with Crippen molar-refractivity contribution in [2.24, 2.45) is 9.98 Å². The van der Waals surface area contributed by atoms with Gasteiger partial charge in [-0.3, -0.25) is 9.98 Å². The molecule has 398 valence electrons. The molecule has 9 rings (SSSR count). The van der Waals surface area contributed by atoms with Gasteiger partial charge in [-0.1, -0.05) is 108 Å². The number of ether oxygens (including phenoxy) is 4. The van der Waals surface area contributed by atoms with Crippen molar-refractivity contribution in [1.82, 2.24) is 9.97 Å². The number of nitrogens with zero attached hydrogens (tertiary/aromatic N) is 8. The summed E-state index contributed by atoms with van der Waals surface area (Å²) in [6, 6.07) is 34.4. The van der Waals surface area contributed by atoms with Crippen molar-refractivity contribution in [3.8, 4) is 0 Å². The van der Waals surface area contributed by atoms with E-state index in [0.717, 1.165) is 128 Å². The van der Waals surface area contributed by atoms with Gasteiger partial charge in [-0.05, 0) is 37.8 Å². The van der Waals surface area contributed by atoms with Gasteiger partial charge >= 0.3 is 17.1 Å². The summed E-state index contributed by atoms with van der Waals surface area (Å²) in [4.78, 5) is 23.1. The van der Waals surface area contributed by atoms with Crippen molar-refractivity contribution in [3.63, 3.8) is 0 Å². The number of pyridine rings is 4. The van der Waals surface area contributed by atoms with Crippen LogP contribution in [0.25, 0.3) is 0 Å². The number of fused-ring (bicyclic) bond motifs is 6. The molecule has 0 amide bonds. The van der Waals surface area contributed by atoms with E-state index in [1.54, 1.807) is 0 Å². The summed E-state index contributed by atoms with van der Waals surface area (Å²) in [7, 11) is 0. The van der Waals surface area contributed by atoms with Gasteiger partial charge in [-0.25, -0.2) is 0 Å². The molecule has 0 aliphatic carbocycles. The zero-order chi connectivity index (χ0) is 51.6. The monoisotopic (exact) mass is 1070 g/mol. The molecule has 0 spiro atoms. The second-order valence-corrected chi connectivity index (χ2v) is 20.0. The van der Waals surface area contributed by atoms with Crippen molar-refractivity contribution in [2.45, 2.75) is 135 Å². The molecule has 0 aromatic carbocycles. The van der Waals surface area contributed by atoms with Crippen LogP contribution in [0.3, 0.4) is 0 Å². The van der Waals surface area contributed by atoms with E-state index in [4.69, 9.17) is 38.9 Å². The summed E-state index contributed by atoms with van der Waals surface area (Å²) in [6.07, 6.45) is 25.2. The molecular weight excluding hydrogens is 988 g/mol. The van der Waals surface area contributed by atoms with Gasteiger partial charge in [-0.15, -0.1) is 22.8 Å². The van der Waals surface area contributed by atoms with Gasteiger partial charge in [0.25, 0.3) is 0 Å². The summed E-state index contributed by atoms with van der Waals surface area (Å²) in [5.41, 5.74) is 10.3. The molecule has 3 aliphatic rings. The molecule has 6 aromatic heterocycles. The Labute approximate surface area is 462 Å². The zero-order valence-electron chi connectivity index (χ0n) is 45.3. The van der Waals surface area contributed by atoms with E-state index < -0.39 is 0 Å². The first-order chi connectivity index (χ1) is 37.1. The largest absolute Gasteiger partial charge is 3.00 e.